The molecule has 3 aromatic rings. The molecular formula is C21H20Cl2N4O3S. The number of anilines is 1. The minimum Gasteiger partial charge on any atom is -0.321 e. The number of hydrogen-bond acceptors (Lipinski definition) is 5. The fourth-order valence-electron chi connectivity index (χ4n) is 4.11. The fourth-order valence-corrected chi connectivity index (χ4v) is 6.13. The van der Waals surface area contributed by atoms with Crippen LogP contribution < -0.4 is 5.32 Å². The normalized spacial score (nSPS) is 20.3. The minimum absolute atomic E-state index is 0.0399. The van der Waals surface area contributed by atoms with E-state index >= 15 is 0 Å². The second-order valence-electron chi connectivity index (χ2n) is 8.23. The Morgan fingerprint density at radius 3 is 2.65 bits per heavy atom. The van der Waals surface area contributed by atoms with Crippen LogP contribution in [-0.2, 0) is 9.84 Å². The third-order valence-corrected chi connectivity index (χ3v) is 8.14. The first kappa shape index (κ1) is 20.7. The molecular weight excluding hydrogens is 459 g/mol. The zero-order valence-corrected chi connectivity index (χ0v) is 19.1. The van der Waals surface area contributed by atoms with Crippen molar-refractivity contribution >= 4 is 55.7 Å². The number of carbonyl (C=O) groups is 1. The largest absolute Gasteiger partial charge is 0.321 e. The summed E-state index contributed by atoms with van der Waals surface area (Å²) < 4.78 is 25.8. The maximum atomic E-state index is 13.3. The van der Waals surface area contributed by atoms with Crippen LogP contribution in [0.15, 0.2) is 24.3 Å². The average molecular weight is 479 g/mol. The van der Waals surface area contributed by atoms with E-state index in [9.17, 15) is 13.2 Å². The van der Waals surface area contributed by atoms with E-state index in [-0.39, 0.29) is 23.5 Å². The molecule has 2 aliphatic rings. The first-order valence-corrected chi connectivity index (χ1v) is 12.7. The fraction of sp³-hybridized carbons (Fsp3) is 0.381. The molecule has 10 heteroatoms. The van der Waals surface area contributed by atoms with Gasteiger partial charge in [0, 0.05) is 16.6 Å². The number of pyridine rings is 1. The van der Waals surface area contributed by atoms with E-state index in [2.05, 4.69) is 10.4 Å². The van der Waals surface area contributed by atoms with Crippen molar-refractivity contribution in [3.63, 3.8) is 0 Å². The third-order valence-electron chi connectivity index (χ3n) is 5.83. The zero-order chi connectivity index (χ0) is 21.9. The highest BCUT2D eigenvalue weighted by atomic mass is 35.5. The molecule has 1 atom stereocenters. The number of rotatable bonds is 4. The van der Waals surface area contributed by atoms with Gasteiger partial charge in [0.1, 0.15) is 0 Å². The summed E-state index contributed by atoms with van der Waals surface area (Å²) in [5.41, 5.74) is 2.90. The maximum absolute atomic E-state index is 13.3. The molecule has 1 saturated heterocycles. The van der Waals surface area contributed by atoms with Gasteiger partial charge in [-0.3, -0.25) is 4.79 Å². The van der Waals surface area contributed by atoms with E-state index < -0.39 is 9.84 Å². The molecule has 1 saturated carbocycles. The van der Waals surface area contributed by atoms with Crippen LogP contribution in [0.4, 0.5) is 5.69 Å². The Kier molecular flexibility index (Phi) is 4.99. The molecule has 1 aliphatic heterocycles. The highest BCUT2D eigenvalue weighted by molar-refractivity contribution is 7.91. The molecule has 1 aromatic carbocycles. The summed E-state index contributed by atoms with van der Waals surface area (Å²) in [6.07, 6.45) is 2.53. The van der Waals surface area contributed by atoms with Gasteiger partial charge in [0.2, 0.25) is 0 Å². The lowest BCUT2D eigenvalue weighted by atomic mass is 10.1. The Morgan fingerprint density at radius 2 is 1.97 bits per heavy atom. The van der Waals surface area contributed by atoms with Crippen LogP contribution in [0.2, 0.25) is 10.0 Å². The number of nitrogens with one attached hydrogen (secondary N) is 1. The van der Waals surface area contributed by atoms with Crippen molar-refractivity contribution < 1.29 is 13.2 Å². The summed E-state index contributed by atoms with van der Waals surface area (Å²) in [4.78, 5) is 18.1. The first-order valence-electron chi connectivity index (χ1n) is 10.1. The molecule has 0 radical (unpaired) electrons. The predicted molar refractivity (Wildman–Crippen MR) is 121 cm³/mol. The van der Waals surface area contributed by atoms with Gasteiger partial charge in [-0.25, -0.2) is 18.1 Å². The molecule has 31 heavy (non-hydrogen) atoms. The molecule has 0 unspecified atom stereocenters. The Bertz CT molecular complexity index is 1330. The third kappa shape index (κ3) is 3.92. The summed E-state index contributed by atoms with van der Waals surface area (Å²) >= 11 is 12.3. The van der Waals surface area contributed by atoms with Crippen LogP contribution in [0.5, 0.6) is 0 Å². The van der Waals surface area contributed by atoms with Gasteiger partial charge in [-0.2, -0.15) is 5.10 Å². The van der Waals surface area contributed by atoms with E-state index in [1.165, 1.54) is 0 Å². The number of sulfone groups is 1. The molecule has 7 nitrogen and oxygen atoms in total. The number of aromatic nitrogens is 3. The van der Waals surface area contributed by atoms with E-state index in [1.807, 2.05) is 13.0 Å². The van der Waals surface area contributed by atoms with Gasteiger partial charge in [0.05, 0.1) is 44.9 Å². The molecule has 1 N–H and O–H groups in total. The molecule has 0 spiro atoms. The number of halogens is 2. The van der Waals surface area contributed by atoms with Crippen molar-refractivity contribution in [2.24, 2.45) is 0 Å². The SMILES string of the molecule is Cc1nn([C@H]2CCS(=O)(=O)C2)c2nc(C3CC3)cc(C(=O)Nc3cc(Cl)ccc3Cl)c12. The maximum Gasteiger partial charge on any atom is 0.256 e. The molecule has 1 aliphatic carbocycles. The van der Waals surface area contributed by atoms with Crippen molar-refractivity contribution in [3.8, 4) is 0 Å². The quantitative estimate of drug-likeness (QED) is 0.593. The Balaban J connectivity index is 1.62. The number of amides is 1. The number of nitrogens with zero attached hydrogens (tertiary/aromatic N) is 3. The number of benzene rings is 1. The standard InChI is InChI=1S/C21H20Cl2N4O3S/c1-11-19-15(21(28)25-18-8-13(22)4-5-16(18)23)9-17(12-2-3-12)24-20(19)27(26-11)14-6-7-31(29,30)10-14/h4-5,8-9,12,14H,2-3,6-7,10H2,1H3,(H,25,28)/t14-/m0/s1. The van der Waals surface area contributed by atoms with E-state index in [4.69, 9.17) is 28.2 Å². The Hall–Kier alpha value is -2.16. The van der Waals surface area contributed by atoms with Gasteiger partial charge >= 0.3 is 0 Å². The van der Waals surface area contributed by atoms with Gasteiger partial charge in [0.25, 0.3) is 5.91 Å². The second-order valence-corrected chi connectivity index (χ2v) is 11.3. The molecule has 3 heterocycles. The monoisotopic (exact) mass is 478 g/mol. The van der Waals surface area contributed by atoms with Crippen LogP contribution in [0.1, 0.15) is 53.0 Å². The number of aryl methyl sites for hydroxylation is 1. The highest BCUT2D eigenvalue weighted by Crippen LogP contribution is 2.41. The van der Waals surface area contributed by atoms with Gasteiger partial charge in [-0.15, -0.1) is 0 Å². The number of carbonyl (C=O) groups excluding carboxylic acids is 1. The summed E-state index contributed by atoms with van der Waals surface area (Å²) in [6, 6.07) is 6.42. The molecule has 2 aromatic heterocycles. The summed E-state index contributed by atoms with van der Waals surface area (Å²) in [6.45, 7) is 1.81. The molecule has 162 valence electrons. The molecule has 1 amide bonds. The minimum atomic E-state index is -3.09. The van der Waals surface area contributed by atoms with E-state index in [1.54, 1.807) is 22.9 Å². The summed E-state index contributed by atoms with van der Waals surface area (Å²) in [7, 11) is -3.09. The van der Waals surface area contributed by atoms with Crippen molar-refractivity contribution in [2.45, 2.75) is 38.1 Å². The number of fused-ring (bicyclic) bond motifs is 1. The van der Waals surface area contributed by atoms with Crippen LogP contribution in [0, 0.1) is 6.92 Å². The van der Waals surface area contributed by atoms with Crippen LogP contribution in [0.3, 0.4) is 0 Å². The van der Waals surface area contributed by atoms with Crippen molar-refractivity contribution in [3.05, 3.63) is 51.3 Å². The smallest absolute Gasteiger partial charge is 0.256 e. The predicted octanol–water partition coefficient (Wildman–Crippen LogP) is 4.54. The van der Waals surface area contributed by atoms with E-state index in [0.29, 0.717) is 50.4 Å². The highest BCUT2D eigenvalue weighted by Gasteiger charge is 2.34. The van der Waals surface area contributed by atoms with Gasteiger partial charge in [-0.05, 0) is 50.5 Å². The summed E-state index contributed by atoms with van der Waals surface area (Å²) in [5.74, 6) is 0.154. The topological polar surface area (TPSA) is 93.9 Å². The molecule has 2 fully saturated rings. The molecule has 0 bridgehead atoms. The second kappa shape index (κ2) is 7.46. The lowest BCUT2D eigenvalue weighted by Gasteiger charge is -2.12. The molecule has 5 rings (SSSR count). The van der Waals surface area contributed by atoms with Crippen molar-refractivity contribution in [1.82, 2.24) is 14.8 Å². The van der Waals surface area contributed by atoms with Crippen LogP contribution >= 0.6 is 23.2 Å². The lowest BCUT2D eigenvalue weighted by molar-refractivity contribution is 0.102. The van der Waals surface area contributed by atoms with E-state index in [0.717, 1.165) is 18.5 Å². The first-order chi connectivity index (χ1) is 14.7. The Labute approximate surface area is 189 Å². The summed E-state index contributed by atoms with van der Waals surface area (Å²) in [5, 5.41) is 8.93. The van der Waals surface area contributed by atoms with Gasteiger partial charge in [0.15, 0.2) is 15.5 Å². The Morgan fingerprint density at radius 1 is 1.19 bits per heavy atom. The lowest BCUT2D eigenvalue weighted by Crippen LogP contribution is -2.15. The average Bonchev–Trinajstić information content (AvgIpc) is 3.43. The van der Waals surface area contributed by atoms with Gasteiger partial charge in [-0.1, -0.05) is 23.2 Å². The van der Waals surface area contributed by atoms with Crippen molar-refractivity contribution in [2.75, 3.05) is 16.8 Å². The van der Waals surface area contributed by atoms with Crippen LogP contribution in [-0.4, -0.2) is 40.6 Å². The van der Waals surface area contributed by atoms with Crippen molar-refractivity contribution in [1.29, 1.82) is 0 Å². The van der Waals surface area contributed by atoms with Crippen LogP contribution in [0.25, 0.3) is 11.0 Å². The number of hydrogen-bond donors (Lipinski definition) is 1. The zero-order valence-electron chi connectivity index (χ0n) is 16.7. The van der Waals surface area contributed by atoms with Gasteiger partial charge < -0.3 is 5.32 Å².